The summed E-state index contributed by atoms with van der Waals surface area (Å²) in [6, 6.07) is 16.7. The van der Waals surface area contributed by atoms with Crippen LogP contribution < -0.4 is 0 Å². The first-order valence-electron chi connectivity index (χ1n) is 9.11. The third-order valence-electron chi connectivity index (χ3n) is 4.47. The summed E-state index contributed by atoms with van der Waals surface area (Å²) in [6.07, 6.45) is 3.68. The summed E-state index contributed by atoms with van der Waals surface area (Å²) in [7, 11) is 0. The lowest BCUT2D eigenvalue weighted by molar-refractivity contribution is -0.386. The van der Waals surface area contributed by atoms with Crippen molar-refractivity contribution in [2.75, 3.05) is 6.61 Å². The van der Waals surface area contributed by atoms with Crippen LogP contribution in [0.5, 0.6) is 0 Å². The summed E-state index contributed by atoms with van der Waals surface area (Å²) in [4.78, 5) is 22.8. The Bertz CT molecular complexity index is 1040. The zero-order valence-corrected chi connectivity index (χ0v) is 16.2. The fourth-order valence-electron chi connectivity index (χ4n) is 2.98. The van der Waals surface area contributed by atoms with Crippen LogP contribution in [0.1, 0.15) is 32.9 Å². The van der Waals surface area contributed by atoms with Gasteiger partial charge in [0.15, 0.2) is 0 Å². The van der Waals surface area contributed by atoms with Crippen molar-refractivity contribution in [3.05, 3.63) is 98.9 Å². The van der Waals surface area contributed by atoms with Gasteiger partial charge in [0.1, 0.15) is 18.0 Å². The molecule has 148 valence electrons. The highest BCUT2D eigenvalue weighted by molar-refractivity contribution is 5.89. The molecule has 0 bridgehead atoms. The van der Waals surface area contributed by atoms with E-state index in [2.05, 4.69) is 5.10 Å². The van der Waals surface area contributed by atoms with Crippen molar-refractivity contribution in [2.45, 2.75) is 20.4 Å². The maximum Gasteiger partial charge on any atom is 0.338 e. The van der Waals surface area contributed by atoms with Crippen molar-refractivity contribution in [1.82, 2.24) is 9.78 Å². The van der Waals surface area contributed by atoms with Gasteiger partial charge in [-0.2, -0.15) is 5.10 Å². The Morgan fingerprint density at radius 3 is 2.45 bits per heavy atom. The predicted octanol–water partition coefficient (Wildman–Crippen LogP) is 4.33. The zero-order valence-electron chi connectivity index (χ0n) is 16.2. The molecule has 0 aliphatic heterocycles. The highest BCUT2D eigenvalue weighted by Crippen LogP contribution is 2.22. The molecule has 0 spiro atoms. The van der Waals surface area contributed by atoms with Gasteiger partial charge in [-0.25, -0.2) is 4.79 Å². The van der Waals surface area contributed by atoms with E-state index in [-0.39, 0.29) is 12.3 Å². The molecule has 0 aliphatic rings. The topological polar surface area (TPSA) is 87.3 Å². The molecule has 0 fully saturated rings. The summed E-state index contributed by atoms with van der Waals surface area (Å²) >= 11 is 0. The third kappa shape index (κ3) is 4.95. The van der Waals surface area contributed by atoms with Crippen LogP contribution in [0, 0.1) is 24.0 Å². The van der Waals surface area contributed by atoms with E-state index in [1.165, 1.54) is 0 Å². The highest BCUT2D eigenvalue weighted by atomic mass is 16.6. The van der Waals surface area contributed by atoms with Crippen molar-refractivity contribution in [3.8, 4) is 0 Å². The normalized spacial score (nSPS) is 11.0. The van der Waals surface area contributed by atoms with E-state index in [1.807, 2.05) is 36.4 Å². The molecule has 0 aliphatic carbocycles. The van der Waals surface area contributed by atoms with E-state index in [1.54, 1.807) is 48.9 Å². The molecule has 1 aromatic heterocycles. The number of esters is 1. The van der Waals surface area contributed by atoms with Crippen molar-refractivity contribution < 1.29 is 14.5 Å². The summed E-state index contributed by atoms with van der Waals surface area (Å²) in [5.41, 5.74) is 3.29. The number of hydrogen-bond acceptors (Lipinski definition) is 5. The molecule has 7 nitrogen and oxygen atoms in total. The number of aryl methyl sites for hydroxylation is 1. The average molecular weight is 391 g/mol. The van der Waals surface area contributed by atoms with Crippen LogP contribution >= 0.6 is 0 Å². The second kappa shape index (κ2) is 8.97. The number of ether oxygens (including phenoxy) is 1. The molecule has 0 unspecified atom stereocenters. The maximum atomic E-state index is 12.2. The molecule has 0 amide bonds. The highest BCUT2D eigenvalue weighted by Gasteiger charge is 2.21. The largest absolute Gasteiger partial charge is 0.458 e. The minimum Gasteiger partial charge on any atom is -0.458 e. The van der Waals surface area contributed by atoms with Crippen molar-refractivity contribution in [2.24, 2.45) is 0 Å². The fourth-order valence-corrected chi connectivity index (χ4v) is 2.98. The summed E-state index contributed by atoms with van der Waals surface area (Å²) in [5.74, 6) is -0.406. The second-order valence-electron chi connectivity index (χ2n) is 6.54. The van der Waals surface area contributed by atoms with Gasteiger partial charge in [-0.1, -0.05) is 48.5 Å². The minimum atomic E-state index is -0.417. The Hall–Kier alpha value is -3.74. The van der Waals surface area contributed by atoms with E-state index >= 15 is 0 Å². The number of hydrogen-bond donors (Lipinski definition) is 0. The molecule has 7 heteroatoms. The molecule has 1 heterocycles. The predicted molar refractivity (Wildman–Crippen MR) is 110 cm³/mol. The van der Waals surface area contributed by atoms with Crippen molar-refractivity contribution >= 4 is 17.7 Å². The van der Waals surface area contributed by atoms with Crippen molar-refractivity contribution in [3.63, 3.8) is 0 Å². The first kappa shape index (κ1) is 20.0. The van der Waals surface area contributed by atoms with Gasteiger partial charge in [0.05, 0.1) is 17.0 Å². The number of nitrogens with zero attached hydrogens (tertiary/aromatic N) is 3. The van der Waals surface area contributed by atoms with Crippen LogP contribution in [0.4, 0.5) is 5.69 Å². The van der Waals surface area contributed by atoms with E-state index in [0.717, 1.165) is 11.1 Å². The number of carbonyl (C=O) groups is 1. The summed E-state index contributed by atoms with van der Waals surface area (Å²) in [6.45, 7) is 3.86. The van der Waals surface area contributed by atoms with E-state index < -0.39 is 10.9 Å². The van der Waals surface area contributed by atoms with Crippen LogP contribution in [0.15, 0.2) is 60.7 Å². The second-order valence-corrected chi connectivity index (χ2v) is 6.54. The maximum absolute atomic E-state index is 12.2. The van der Waals surface area contributed by atoms with Gasteiger partial charge in [0.25, 0.3) is 0 Å². The van der Waals surface area contributed by atoms with Crippen LogP contribution in [0.2, 0.25) is 0 Å². The zero-order chi connectivity index (χ0) is 20.8. The number of nitro groups is 1. The summed E-state index contributed by atoms with van der Waals surface area (Å²) < 4.78 is 6.85. The lowest BCUT2D eigenvalue weighted by atomic mass is 10.1. The van der Waals surface area contributed by atoms with Crippen LogP contribution in [0.25, 0.3) is 6.08 Å². The van der Waals surface area contributed by atoms with Crippen LogP contribution in [0.3, 0.4) is 0 Å². The molecule has 0 saturated heterocycles. The molecule has 0 saturated carbocycles. The van der Waals surface area contributed by atoms with Gasteiger partial charge < -0.3 is 4.74 Å². The molecule has 0 atom stereocenters. The van der Waals surface area contributed by atoms with E-state index in [4.69, 9.17) is 4.74 Å². The Labute approximate surface area is 168 Å². The Morgan fingerprint density at radius 1 is 1.14 bits per heavy atom. The fraction of sp³-hybridized carbons (Fsp3) is 0.182. The standard InChI is InChI=1S/C22H21N3O4/c1-16-21(25(27)28)17(2)24(23-16)15-19-10-12-20(13-11-19)22(26)29-14-6-9-18-7-4-3-5-8-18/h3-13H,14-15H2,1-2H3/b9-6+. The molecule has 29 heavy (non-hydrogen) atoms. The number of rotatable bonds is 7. The van der Waals surface area contributed by atoms with Crippen LogP contribution in [-0.2, 0) is 11.3 Å². The first-order valence-corrected chi connectivity index (χ1v) is 9.11. The quantitative estimate of drug-likeness (QED) is 0.340. The van der Waals surface area contributed by atoms with Gasteiger partial charge in [-0.05, 0) is 43.2 Å². The summed E-state index contributed by atoms with van der Waals surface area (Å²) in [5, 5.41) is 15.3. The van der Waals surface area contributed by atoms with Gasteiger partial charge in [0.2, 0.25) is 0 Å². The molecule has 3 rings (SSSR count). The first-order chi connectivity index (χ1) is 14.0. The number of benzene rings is 2. The SMILES string of the molecule is Cc1nn(Cc2ccc(C(=O)OC/C=C/c3ccccc3)cc2)c(C)c1[N+](=O)[O-]. The van der Waals surface area contributed by atoms with E-state index in [9.17, 15) is 14.9 Å². The molecular formula is C22H21N3O4. The Morgan fingerprint density at radius 2 is 1.83 bits per heavy atom. The Balaban J connectivity index is 1.58. The molecule has 3 aromatic rings. The van der Waals surface area contributed by atoms with E-state index in [0.29, 0.717) is 23.5 Å². The lowest BCUT2D eigenvalue weighted by Gasteiger charge is -2.06. The monoisotopic (exact) mass is 391 g/mol. The van der Waals surface area contributed by atoms with Gasteiger partial charge in [-0.3, -0.25) is 14.8 Å². The van der Waals surface area contributed by atoms with Crippen LogP contribution in [-0.4, -0.2) is 27.3 Å². The van der Waals surface area contributed by atoms with Crippen molar-refractivity contribution in [1.29, 1.82) is 0 Å². The molecule has 0 N–H and O–H groups in total. The lowest BCUT2D eigenvalue weighted by Crippen LogP contribution is -2.07. The van der Waals surface area contributed by atoms with Gasteiger partial charge in [-0.15, -0.1) is 0 Å². The minimum absolute atomic E-state index is 0.0359. The molecule has 0 radical (unpaired) electrons. The van der Waals surface area contributed by atoms with Gasteiger partial charge in [0, 0.05) is 0 Å². The average Bonchev–Trinajstić information content (AvgIpc) is 2.99. The number of carbonyl (C=O) groups excluding carboxylic acids is 1. The smallest absolute Gasteiger partial charge is 0.338 e. The molecule has 2 aromatic carbocycles. The Kier molecular flexibility index (Phi) is 6.19. The molecular weight excluding hydrogens is 370 g/mol. The number of aromatic nitrogens is 2. The third-order valence-corrected chi connectivity index (χ3v) is 4.47. The van der Waals surface area contributed by atoms with Gasteiger partial charge >= 0.3 is 11.7 Å².